The SMILES string of the molecule is [B]CCc1c[nH]c2ncc(C#N)cc12. The normalized spacial score (nSPS) is 10.2. The van der Waals surface area contributed by atoms with Crippen LogP contribution in [-0.2, 0) is 6.42 Å². The third kappa shape index (κ3) is 1.37. The van der Waals surface area contributed by atoms with Crippen LogP contribution in [0.1, 0.15) is 11.1 Å². The molecule has 3 nitrogen and oxygen atoms in total. The van der Waals surface area contributed by atoms with Gasteiger partial charge in [0.25, 0.3) is 0 Å². The average molecular weight is 181 g/mol. The summed E-state index contributed by atoms with van der Waals surface area (Å²) in [5.74, 6) is 0. The maximum atomic E-state index is 8.73. The van der Waals surface area contributed by atoms with Crippen molar-refractivity contribution < 1.29 is 0 Å². The van der Waals surface area contributed by atoms with E-state index in [4.69, 9.17) is 13.1 Å². The number of nitrogens with zero attached hydrogens (tertiary/aromatic N) is 2. The van der Waals surface area contributed by atoms with Gasteiger partial charge in [-0.05, 0) is 18.1 Å². The molecule has 0 spiro atoms. The van der Waals surface area contributed by atoms with E-state index in [0.717, 1.165) is 23.0 Å². The topological polar surface area (TPSA) is 52.5 Å². The van der Waals surface area contributed by atoms with Gasteiger partial charge in [0.1, 0.15) is 11.7 Å². The van der Waals surface area contributed by atoms with Crippen LogP contribution >= 0.6 is 0 Å². The van der Waals surface area contributed by atoms with E-state index in [2.05, 4.69) is 16.0 Å². The van der Waals surface area contributed by atoms with Gasteiger partial charge in [0, 0.05) is 17.8 Å². The summed E-state index contributed by atoms with van der Waals surface area (Å²) in [5, 5.41) is 9.73. The van der Waals surface area contributed by atoms with Crippen LogP contribution in [0.25, 0.3) is 11.0 Å². The fourth-order valence-electron chi connectivity index (χ4n) is 1.48. The molecule has 4 heteroatoms. The highest BCUT2D eigenvalue weighted by Gasteiger charge is 2.04. The number of nitriles is 1. The Labute approximate surface area is 83.2 Å². The lowest BCUT2D eigenvalue weighted by Crippen LogP contribution is -1.83. The second kappa shape index (κ2) is 3.55. The monoisotopic (exact) mass is 181 g/mol. The molecule has 0 fully saturated rings. The lowest BCUT2D eigenvalue weighted by atomic mass is 9.97. The van der Waals surface area contributed by atoms with Crippen molar-refractivity contribution in [3.05, 3.63) is 29.6 Å². The molecule has 2 aromatic rings. The third-order valence-corrected chi connectivity index (χ3v) is 2.16. The number of pyridine rings is 1. The van der Waals surface area contributed by atoms with Crippen LogP contribution in [-0.4, -0.2) is 17.8 Å². The van der Waals surface area contributed by atoms with Crippen molar-refractivity contribution in [2.75, 3.05) is 0 Å². The molecule has 0 aliphatic rings. The summed E-state index contributed by atoms with van der Waals surface area (Å²) in [4.78, 5) is 7.18. The Bertz CT molecular complexity index is 496. The zero-order valence-corrected chi connectivity index (χ0v) is 7.62. The van der Waals surface area contributed by atoms with Crippen LogP contribution in [0.3, 0.4) is 0 Å². The number of rotatable bonds is 2. The number of aromatic amines is 1. The molecule has 2 radical (unpaired) electrons. The summed E-state index contributed by atoms with van der Waals surface area (Å²) in [5.41, 5.74) is 2.51. The molecule has 2 aromatic heterocycles. The van der Waals surface area contributed by atoms with Crippen LogP contribution in [0, 0.1) is 11.3 Å². The molecule has 0 saturated carbocycles. The highest BCUT2D eigenvalue weighted by molar-refractivity contribution is 6.08. The van der Waals surface area contributed by atoms with E-state index in [1.807, 2.05) is 12.3 Å². The Morgan fingerprint density at radius 1 is 1.57 bits per heavy atom. The summed E-state index contributed by atoms with van der Waals surface area (Å²) in [7, 11) is 5.48. The third-order valence-electron chi connectivity index (χ3n) is 2.16. The summed E-state index contributed by atoms with van der Waals surface area (Å²) in [6, 6.07) is 3.91. The largest absolute Gasteiger partial charge is 0.346 e. The molecule has 66 valence electrons. The number of aryl methyl sites for hydroxylation is 1. The first-order valence-corrected chi connectivity index (χ1v) is 4.41. The maximum absolute atomic E-state index is 8.73. The average Bonchev–Trinajstić information content (AvgIpc) is 2.61. The Morgan fingerprint density at radius 2 is 2.43 bits per heavy atom. The number of hydrogen-bond acceptors (Lipinski definition) is 2. The minimum absolute atomic E-state index is 0.579. The van der Waals surface area contributed by atoms with E-state index in [1.165, 1.54) is 0 Å². The van der Waals surface area contributed by atoms with Crippen LogP contribution in [0.15, 0.2) is 18.5 Å². The lowest BCUT2D eigenvalue weighted by Gasteiger charge is -1.95. The molecular formula is C10H8BN3. The molecule has 2 heterocycles. The van der Waals surface area contributed by atoms with Crippen LogP contribution in [0.5, 0.6) is 0 Å². The summed E-state index contributed by atoms with van der Waals surface area (Å²) >= 11 is 0. The Balaban J connectivity index is 2.59. The molecule has 0 unspecified atom stereocenters. The van der Waals surface area contributed by atoms with Gasteiger partial charge < -0.3 is 4.98 Å². The molecule has 0 aromatic carbocycles. The number of H-pyrrole nitrogens is 1. The minimum Gasteiger partial charge on any atom is -0.346 e. The molecule has 0 aliphatic heterocycles. The Hall–Kier alpha value is -1.76. The first-order valence-electron chi connectivity index (χ1n) is 4.41. The zero-order valence-electron chi connectivity index (χ0n) is 7.62. The number of hydrogen-bond donors (Lipinski definition) is 1. The predicted molar refractivity (Wildman–Crippen MR) is 55.1 cm³/mol. The van der Waals surface area contributed by atoms with E-state index in [9.17, 15) is 0 Å². The zero-order chi connectivity index (χ0) is 9.97. The van der Waals surface area contributed by atoms with Gasteiger partial charge in [-0.25, -0.2) is 4.98 Å². The van der Waals surface area contributed by atoms with Crippen LogP contribution in [0.4, 0.5) is 0 Å². The van der Waals surface area contributed by atoms with Gasteiger partial charge in [0.05, 0.1) is 13.4 Å². The van der Waals surface area contributed by atoms with Gasteiger partial charge in [0.2, 0.25) is 0 Å². The van der Waals surface area contributed by atoms with Crippen molar-refractivity contribution in [1.82, 2.24) is 9.97 Å². The van der Waals surface area contributed by atoms with Gasteiger partial charge in [0.15, 0.2) is 0 Å². The van der Waals surface area contributed by atoms with Gasteiger partial charge in [-0.3, -0.25) is 0 Å². The van der Waals surface area contributed by atoms with Crippen molar-refractivity contribution in [2.24, 2.45) is 0 Å². The first kappa shape index (κ1) is 8.83. The predicted octanol–water partition coefficient (Wildman–Crippen LogP) is 1.56. The molecule has 0 atom stereocenters. The summed E-state index contributed by atoms with van der Waals surface area (Å²) < 4.78 is 0. The number of aromatic nitrogens is 2. The fourth-order valence-corrected chi connectivity index (χ4v) is 1.48. The van der Waals surface area contributed by atoms with E-state index >= 15 is 0 Å². The Kier molecular flexibility index (Phi) is 2.24. The maximum Gasteiger partial charge on any atom is 0.137 e. The van der Waals surface area contributed by atoms with Gasteiger partial charge in [-0.2, -0.15) is 5.26 Å². The fraction of sp³-hybridized carbons (Fsp3) is 0.200. The van der Waals surface area contributed by atoms with Gasteiger partial charge in [-0.1, -0.05) is 6.32 Å². The van der Waals surface area contributed by atoms with E-state index in [0.29, 0.717) is 11.9 Å². The highest BCUT2D eigenvalue weighted by atomic mass is 14.8. The van der Waals surface area contributed by atoms with E-state index < -0.39 is 0 Å². The molecule has 0 aliphatic carbocycles. The molecular weight excluding hydrogens is 173 g/mol. The smallest absolute Gasteiger partial charge is 0.137 e. The van der Waals surface area contributed by atoms with Crippen molar-refractivity contribution in [1.29, 1.82) is 5.26 Å². The number of nitrogens with one attached hydrogen (secondary N) is 1. The standard InChI is InChI=1S/C10H8BN3/c11-2-1-8-6-14-10-9(8)3-7(4-12)5-13-10/h3,5-6H,1-2H2,(H,13,14). The lowest BCUT2D eigenvalue weighted by molar-refractivity contribution is 1.15. The summed E-state index contributed by atoms with van der Waals surface area (Å²) in [6.07, 6.45) is 4.86. The molecule has 2 rings (SSSR count). The van der Waals surface area contributed by atoms with Crippen molar-refractivity contribution in [3.8, 4) is 6.07 Å². The molecule has 0 saturated heterocycles. The van der Waals surface area contributed by atoms with Crippen LogP contribution < -0.4 is 0 Å². The van der Waals surface area contributed by atoms with E-state index in [-0.39, 0.29) is 0 Å². The van der Waals surface area contributed by atoms with Crippen molar-refractivity contribution >= 4 is 18.9 Å². The molecule has 0 amide bonds. The first-order chi connectivity index (χ1) is 6.85. The second-order valence-corrected chi connectivity index (χ2v) is 3.08. The number of fused-ring (bicyclic) bond motifs is 1. The quantitative estimate of drug-likeness (QED) is 0.714. The van der Waals surface area contributed by atoms with Gasteiger partial charge in [-0.15, -0.1) is 0 Å². The van der Waals surface area contributed by atoms with Crippen LogP contribution in [0.2, 0.25) is 6.32 Å². The van der Waals surface area contributed by atoms with Gasteiger partial charge >= 0.3 is 0 Å². The Morgan fingerprint density at radius 3 is 3.14 bits per heavy atom. The molecule has 1 N–H and O–H groups in total. The van der Waals surface area contributed by atoms with E-state index in [1.54, 1.807) is 6.20 Å². The molecule has 0 bridgehead atoms. The minimum atomic E-state index is 0.579. The van der Waals surface area contributed by atoms with Crippen molar-refractivity contribution in [3.63, 3.8) is 0 Å². The molecule has 14 heavy (non-hydrogen) atoms. The second-order valence-electron chi connectivity index (χ2n) is 3.08. The highest BCUT2D eigenvalue weighted by Crippen LogP contribution is 2.18. The summed E-state index contributed by atoms with van der Waals surface area (Å²) in [6.45, 7) is 0. The van der Waals surface area contributed by atoms with Crippen molar-refractivity contribution in [2.45, 2.75) is 12.7 Å².